The van der Waals surface area contributed by atoms with E-state index < -0.39 is 18.4 Å². The summed E-state index contributed by atoms with van der Waals surface area (Å²) >= 11 is 15.5. The summed E-state index contributed by atoms with van der Waals surface area (Å²) in [6.07, 6.45) is 3.42. The van der Waals surface area contributed by atoms with Crippen LogP contribution in [0.4, 0.5) is 5.69 Å². The fourth-order valence-electron chi connectivity index (χ4n) is 5.71. The van der Waals surface area contributed by atoms with E-state index >= 15 is 0 Å². The van der Waals surface area contributed by atoms with Crippen LogP contribution in [0.3, 0.4) is 0 Å². The molecular formula is C32H23BrCl2N2O5. The van der Waals surface area contributed by atoms with Gasteiger partial charge in [0.2, 0.25) is 17.6 Å². The van der Waals surface area contributed by atoms with Crippen LogP contribution in [-0.4, -0.2) is 35.2 Å². The number of aromatic nitrogens is 1. The zero-order valence-corrected chi connectivity index (χ0v) is 25.2. The normalized spacial score (nSPS) is 18.3. The van der Waals surface area contributed by atoms with Gasteiger partial charge in [-0.1, -0.05) is 64.1 Å². The van der Waals surface area contributed by atoms with E-state index in [0.717, 1.165) is 30.2 Å². The number of carbonyl (C=O) groups excluding carboxylic acids is 4. The molecule has 0 spiro atoms. The number of carbonyl (C=O) groups is 4. The number of rotatable bonds is 6. The largest absolute Gasteiger partial charge is 0.454 e. The van der Waals surface area contributed by atoms with Gasteiger partial charge in [0.15, 0.2) is 6.61 Å². The number of pyridine rings is 1. The Hall–Kier alpha value is -3.59. The Kier molecular flexibility index (Phi) is 7.87. The van der Waals surface area contributed by atoms with Gasteiger partial charge in [-0.15, -0.1) is 0 Å². The van der Waals surface area contributed by atoms with Crippen LogP contribution in [0, 0.1) is 11.8 Å². The zero-order valence-electron chi connectivity index (χ0n) is 22.1. The van der Waals surface area contributed by atoms with Crippen LogP contribution in [0.2, 0.25) is 10.0 Å². The number of hydrogen-bond donors (Lipinski definition) is 0. The number of halogens is 3. The smallest absolute Gasteiger partial charge is 0.339 e. The van der Waals surface area contributed by atoms with Gasteiger partial charge in [0.1, 0.15) is 0 Å². The molecule has 2 aliphatic rings. The lowest BCUT2D eigenvalue weighted by molar-refractivity contribution is -0.122. The van der Waals surface area contributed by atoms with E-state index in [-0.39, 0.29) is 39.8 Å². The molecule has 1 aromatic heterocycles. The van der Waals surface area contributed by atoms with E-state index in [1.807, 2.05) is 6.07 Å². The zero-order chi connectivity index (χ0) is 29.5. The van der Waals surface area contributed by atoms with Crippen molar-refractivity contribution in [2.45, 2.75) is 25.7 Å². The Morgan fingerprint density at radius 2 is 1.57 bits per heavy atom. The van der Waals surface area contributed by atoms with Gasteiger partial charge in [0.05, 0.1) is 39.3 Å². The maximum Gasteiger partial charge on any atom is 0.339 e. The van der Waals surface area contributed by atoms with Gasteiger partial charge in [-0.2, -0.15) is 0 Å². The van der Waals surface area contributed by atoms with E-state index in [1.165, 1.54) is 23.1 Å². The van der Waals surface area contributed by atoms with Crippen LogP contribution in [0.15, 0.2) is 71.2 Å². The minimum Gasteiger partial charge on any atom is -0.454 e. The Morgan fingerprint density at radius 1 is 0.881 bits per heavy atom. The van der Waals surface area contributed by atoms with Crippen molar-refractivity contribution in [1.82, 2.24) is 4.98 Å². The molecule has 10 heteroatoms. The number of ether oxygens (including phenoxy) is 1. The highest BCUT2D eigenvalue weighted by Gasteiger charge is 2.48. The third-order valence-corrected chi connectivity index (χ3v) is 8.86. The van der Waals surface area contributed by atoms with Crippen LogP contribution in [0.25, 0.3) is 22.2 Å². The molecule has 212 valence electrons. The van der Waals surface area contributed by atoms with Gasteiger partial charge in [-0.3, -0.25) is 19.3 Å². The number of hydrogen-bond acceptors (Lipinski definition) is 6. The second-order valence-corrected chi connectivity index (χ2v) is 12.2. The highest BCUT2D eigenvalue weighted by atomic mass is 79.9. The Balaban J connectivity index is 1.28. The minimum atomic E-state index is -0.701. The van der Waals surface area contributed by atoms with E-state index in [0.29, 0.717) is 32.9 Å². The summed E-state index contributed by atoms with van der Waals surface area (Å²) < 4.78 is 6.16. The lowest BCUT2D eigenvalue weighted by Gasteiger charge is -2.19. The predicted octanol–water partition coefficient (Wildman–Crippen LogP) is 7.69. The number of anilines is 1. The number of imide groups is 1. The summed E-state index contributed by atoms with van der Waals surface area (Å²) in [4.78, 5) is 58.1. The molecule has 4 aromatic rings. The molecule has 0 N–H and O–H groups in total. The standard InChI is InChI=1S/C32H23BrCl2N2O5/c33-18-7-12-27-24(13-18)25(32(41)42-16-29(38)23-11-8-19(34)14-26(23)35)15-28(36-27)17-5-9-20(10-6-17)37-30(39)21-3-1-2-4-22(21)31(37)40/h5-15,21-22H,1-4,16H2. The fraction of sp³-hybridized carbons (Fsp3) is 0.219. The van der Waals surface area contributed by atoms with Gasteiger partial charge >= 0.3 is 5.97 Å². The highest BCUT2D eigenvalue weighted by Crippen LogP contribution is 2.40. The number of benzene rings is 3. The van der Waals surface area contributed by atoms with Crippen molar-refractivity contribution in [3.63, 3.8) is 0 Å². The first kappa shape index (κ1) is 28.5. The summed E-state index contributed by atoms with van der Waals surface area (Å²) in [5.41, 5.74) is 2.66. The molecule has 2 atom stereocenters. The Labute approximate surface area is 259 Å². The summed E-state index contributed by atoms with van der Waals surface area (Å²) in [6, 6.07) is 18.4. The van der Waals surface area contributed by atoms with Crippen LogP contribution in [0.5, 0.6) is 0 Å². The number of Topliss-reactive ketones (excluding diaryl/α,β-unsaturated/α-hetero) is 1. The molecule has 2 amide bonds. The maximum absolute atomic E-state index is 13.3. The number of fused-ring (bicyclic) bond motifs is 2. The molecule has 3 aromatic carbocycles. The number of esters is 1. The van der Waals surface area contributed by atoms with Crippen molar-refractivity contribution in [2.75, 3.05) is 11.5 Å². The van der Waals surface area contributed by atoms with E-state index in [9.17, 15) is 19.2 Å². The quantitative estimate of drug-likeness (QED) is 0.119. The van der Waals surface area contributed by atoms with Gasteiger partial charge in [0, 0.05) is 26.0 Å². The molecule has 2 unspecified atom stereocenters. The highest BCUT2D eigenvalue weighted by molar-refractivity contribution is 9.10. The second-order valence-electron chi connectivity index (χ2n) is 10.4. The average molecular weight is 666 g/mol. The first-order valence-electron chi connectivity index (χ1n) is 13.4. The summed E-state index contributed by atoms with van der Waals surface area (Å²) in [6.45, 7) is -0.512. The van der Waals surface area contributed by atoms with E-state index in [2.05, 4.69) is 15.9 Å². The molecule has 0 radical (unpaired) electrons. The molecule has 7 nitrogen and oxygen atoms in total. The minimum absolute atomic E-state index is 0.133. The van der Waals surface area contributed by atoms with E-state index in [1.54, 1.807) is 42.5 Å². The van der Waals surface area contributed by atoms with Crippen molar-refractivity contribution < 1.29 is 23.9 Å². The van der Waals surface area contributed by atoms with Crippen molar-refractivity contribution in [2.24, 2.45) is 11.8 Å². The third-order valence-electron chi connectivity index (χ3n) is 7.82. The lowest BCUT2D eigenvalue weighted by Crippen LogP contribution is -2.30. The lowest BCUT2D eigenvalue weighted by atomic mass is 9.81. The van der Waals surface area contributed by atoms with Crippen LogP contribution < -0.4 is 4.90 Å². The summed E-state index contributed by atoms with van der Waals surface area (Å²) in [7, 11) is 0. The molecule has 6 rings (SSSR count). The molecule has 1 aliphatic carbocycles. The topological polar surface area (TPSA) is 93.6 Å². The maximum atomic E-state index is 13.3. The predicted molar refractivity (Wildman–Crippen MR) is 164 cm³/mol. The molecule has 1 saturated heterocycles. The van der Waals surface area contributed by atoms with Gasteiger partial charge < -0.3 is 4.74 Å². The first-order chi connectivity index (χ1) is 20.2. The Morgan fingerprint density at radius 3 is 2.24 bits per heavy atom. The van der Waals surface area contributed by atoms with Crippen molar-refractivity contribution in [3.05, 3.63) is 92.4 Å². The van der Waals surface area contributed by atoms with Crippen LogP contribution >= 0.6 is 39.1 Å². The Bertz CT molecular complexity index is 1750. The SMILES string of the molecule is O=C(COC(=O)c1cc(-c2ccc(N3C(=O)C4CCCCC4C3=O)cc2)nc2ccc(Br)cc12)c1ccc(Cl)cc1Cl. The summed E-state index contributed by atoms with van der Waals surface area (Å²) in [5, 5.41) is 1.10. The number of nitrogens with zero attached hydrogens (tertiary/aromatic N) is 2. The average Bonchev–Trinajstić information content (AvgIpc) is 3.24. The number of amides is 2. The molecule has 1 saturated carbocycles. The molecule has 42 heavy (non-hydrogen) atoms. The van der Waals surface area contributed by atoms with Crippen molar-refractivity contribution in [3.8, 4) is 11.3 Å². The second kappa shape index (κ2) is 11.6. The van der Waals surface area contributed by atoms with Gasteiger partial charge in [-0.05, 0) is 67.4 Å². The monoisotopic (exact) mass is 664 g/mol. The molecular weight excluding hydrogens is 643 g/mol. The first-order valence-corrected chi connectivity index (χ1v) is 15.0. The van der Waals surface area contributed by atoms with Crippen molar-refractivity contribution in [1.29, 1.82) is 0 Å². The van der Waals surface area contributed by atoms with Crippen LogP contribution in [-0.2, 0) is 14.3 Å². The molecule has 0 bridgehead atoms. The molecule has 2 fully saturated rings. The van der Waals surface area contributed by atoms with Gasteiger partial charge in [-0.25, -0.2) is 9.78 Å². The van der Waals surface area contributed by atoms with Crippen LogP contribution in [0.1, 0.15) is 46.4 Å². The van der Waals surface area contributed by atoms with Crippen molar-refractivity contribution >= 4 is 79.3 Å². The fourth-order valence-corrected chi connectivity index (χ4v) is 6.59. The summed E-state index contributed by atoms with van der Waals surface area (Å²) in [5.74, 6) is -1.90. The number of ketones is 1. The molecule has 2 heterocycles. The molecule has 1 aliphatic heterocycles. The van der Waals surface area contributed by atoms with E-state index in [4.69, 9.17) is 32.9 Å². The van der Waals surface area contributed by atoms with Gasteiger partial charge in [0.25, 0.3) is 0 Å². The third kappa shape index (κ3) is 5.35.